The lowest BCUT2D eigenvalue weighted by Gasteiger charge is -2.19. The highest BCUT2D eigenvalue weighted by Crippen LogP contribution is 2.13. The van der Waals surface area contributed by atoms with Gasteiger partial charge in [0.15, 0.2) is 5.96 Å². The summed E-state index contributed by atoms with van der Waals surface area (Å²) in [6, 6.07) is 8.90. The molecule has 0 bridgehead atoms. The lowest BCUT2D eigenvalue weighted by molar-refractivity contribution is -0.0149. The number of ether oxygens (including phenoxy) is 1. The molecule has 1 heterocycles. The van der Waals surface area contributed by atoms with Crippen LogP contribution in [0.4, 0.5) is 0 Å². The van der Waals surface area contributed by atoms with Gasteiger partial charge in [-0.15, -0.1) is 0 Å². The smallest absolute Gasteiger partial charge is 0.191 e. The Morgan fingerprint density at radius 3 is 2.75 bits per heavy atom. The van der Waals surface area contributed by atoms with Crippen LogP contribution < -0.4 is 10.6 Å². The van der Waals surface area contributed by atoms with Crippen molar-refractivity contribution in [3.63, 3.8) is 0 Å². The Balaban J connectivity index is 1.86. The Kier molecular flexibility index (Phi) is 4.65. The quantitative estimate of drug-likeness (QED) is 0.887. The van der Waals surface area contributed by atoms with Crippen molar-refractivity contribution in [2.45, 2.75) is 52.5 Å². The van der Waals surface area contributed by atoms with Gasteiger partial charge < -0.3 is 15.4 Å². The zero-order valence-electron chi connectivity index (χ0n) is 12.9. The highest BCUT2D eigenvalue weighted by Gasteiger charge is 2.12. The molecule has 4 nitrogen and oxygen atoms in total. The van der Waals surface area contributed by atoms with Crippen LogP contribution in [0, 0.1) is 0 Å². The van der Waals surface area contributed by atoms with Crippen molar-refractivity contribution in [2.24, 2.45) is 4.99 Å². The van der Waals surface area contributed by atoms with Crippen molar-refractivity contribution in [1.29, 1.82) is 0 Å². The largest absolute Gasteiger partial charge is 0.371 e. The summed E-state index contributed by atoms with van der Waals surface area (Å²) in [4.78, 5) is 4.39. The standard InChI is InChI=1S/C16H25N3O/c1-12-9-17-15(19-12)18-10-13-6-5-7-14(8-13)11-20-16(2,3)4/h5-8,12H,9-11H2,1-4H3,(H2,17,18,19). The fourth-order valence-corrected chi connectivity index (χ4v) is 1.97. The van der Waals surface area contributed by atoms with E-state index < -0.39 is 0 Å². The molecule has 0 aromatic heterocycles. The van der Waals surface area contributed by atoms with Crippen molar-refractivity contribution >= 4 is 5.96 Å². The molecule has 110 valence electrons. The molecule has 0 saturated carbocycles. The van der Waals surface area contributed by atoms with E-state index in [2.05, 4.69) is 67.6 Å². The first-order valence-corrected chi connectivity index (χ1v) is 7.19. The maximum Gasteiger partial charge on any atom is 0.191 e. The van der Waals surface area contributed by atoms with Crippen LogP contribution in [0.2, 0.25) is 0 Å². The SMILES string of the molecule is CC1CN=C(NCc2cccc(COC(C)(C)C)c2)N1. The summed E-state index contributed by atoms with van der Waals surface area (Å²) < 4.78 is 5.81. The van der Waals surface area contributed by atoms with E-state index in [0.717, 1.165) is 19.0 Å². The molecular formula is C16H25N3O. The summed E-state index contributed by atoms with van der Waals surface area (Å²) in [7, 11) is 0. The second-order valence-electron chi connectivity index (χ2n) is 6.31. The fraction of sp³-hybridized carbons (Fsp3) is 0.562. The molecule has 0 fully saturated rings. The van der Waals surface area contributed by atoms with Gasteiger partial charge in [0, 0.05) is 12.6 Å². The van der Waals surface area contributed by atoms with Crippen LogP contribution in [0.15, 0.2) is 29.3 Å². The van der Waals surface area contributed by atoms with Crippen molar-refractivity contribution in [3.05, 3.63) is 35.4 Å². The van der Waals surface area contributed by atoms with Gasteiger partial charge in [-0.3, -0.25) is 4.99 Å². The van der Waals surface area contributed by atoms with Gasteiger partial charge in [-0.1, -0.05) is 24.3 Å². The minimum atomic E-state index is -0.104. The summed E-state index contributed by atoms with van der Waals surface area (Å²) in [5.41, 5.74) is 2.34. The van der Waals surface area contributed by atoms with E-state index in [4.69, 9.17) is 4.74 Å². The van der Waals surface area contributed by atoms with Crippen LogP contribution in [-0.2, 0) is 17.9 Å². The Bertz CT molecular complexity index is 477. The molecule has 2 N–H and O–H groups in total. The van der Waals surface area contributed by atoms with Gasteiger partial charge in [0.1, 0.15) is 0 Å². The van der Waals surface area contributed by atoms with Crippen molar-refractivity contribution in [1.82, 2.24) is 10.6 Å². The molecule has 2 rings (SSSR count). The molecule has 1 atom stereocenters. The Morgan fingerprint density at radius 2 is 2.10 bits per heavy atom. The Hall–Kier alpha value is -1.55. The first-order chi connectivity index (χ1) is 9.42. The van der Waals surface area contributed by atoms with Gasteiger partial charge in [0.2, 0.25) is 0 Å². The van der Waals surface area contributed by atoms with Crippen molar-refractivity contribution < 1.29 is 4.74 Å². The number of hydrogen-bond donors (Lipinski definition) is 2. The third-order valence-corrected chi connectivity index (χ3v) is 3.03. The normalized spacial score (nSPS) is 18.6. The van der Waals surface area contributed by atoms with Crippen molar-refractivity contribution in [3.8, 4) is 0 Å². The van der Waals surface area contributed by atoms with Crippen LogP contribution in [0.25, 0.3) is 0 Å². The summed E-state index contributed by atoms with van der Waals surface area (Å²) in [6.45, 7) is 10.6. The fourth-order valence-electron chi connectivity index (χ4n) is 1.97. The number of rotatable bonds is 4. The molecule has 0 amide bonds. The molecule has 1 unspecified atom stereocenters. The number of hydrogen-bond acceptors (Lipinski definition) is 4. The highest BCUT2D eigenvalue weighted by atomic mass is 16.5. The van der Waals surface area contributed by atoms with Crippen LogP contribution in [-0.4, -0.2) is 24.1 Å². The third kappa shape index (κ3) is 4.85. The molecule has 4 heteroatoms. The summed E-state index contributed by atoms with van der Waals surface area (Å²) in [5, 5.41) is 6.62. The van der Waals surface area contributed by atoms with Crippen LogP contribution in [0.1, 0.15) is 38.8 Å². The molecule has 0 spiro atoms. The van der Waals surface area contributed by atoms with Gasteiger partial charge in [0.05, 0.1) is 18.8 Å². The second kappa shape index (κ2) is 6.27. The van der Waals surface area contributed by atoms with E-state index >= 15 is 0 Å². The second-order valence-corrected chi connectivity index (χ2v) is 6.31. The van der Waals surface area contributed by atoms with E-state index in [1.807, 2.05) is 0 Å². The number of guanidine groups is 1. The lowest BCUT2D eigenvalue weighted by atomic mass is 10.1. The average Bonchev–Trinajstić information content (AvgIpc) is 2.80. The highest BCUT2D eigenvalue weighted by molar-refractivity contribution is 5.81. The molecule has 20 heavy (non-hydrogen) atoms. The van der Waals surface area contributed by atoms with E-state index in [9.17, 15) is 0 Å². The number of aliphatic imine (C=N–C) groups is 1. The maximum atomic E-state index is 5.81. The van der Waals surface area contributed by atoms with E-state index in [0.29, 0.717) is 12.6 Å². The Labute approximate surface area is 121 Å². The molecule has 1 aromatic rings. The van der Waals surface area contributed by atoms with Gasteiger partial charge in [-0.25, -0.2) is 0 Å². The summed E-state index contributed by atoms with van der Waals surface area (Å²) in [5.74, 6) is 0.897. The molecule has 1 aliphatic rings. The Morgan fingerprint density at radius 1 is 1.35 bits per heavy atom. The predicted octanol–water partition coefficient (Wildman–Crippen LogP) is 2.44. The van der Waals surface area contributed by atoms with E-state index in [1.165, 1.54) is 11.1 Å². The zero-order chi connectivity index (χ0) is 14.6. The topological polar surface area (TPSA) is 45.7 Å². The number of nitrogens with zero attached hydrogens (tertiary/aromatic N) is 1. The average molecular weight is 275 g/mol. The van der Waals surface area contributed by atoms with Crippen LogP contribution in [0.5, 0.6) is 0 Å². The number of benzene rings is 1. The van der Waals surface area contributed by atoms with Gasteiger partial charge in [-0.2, -0.15) is 0 Å². The third-order valence-electron chi connectivity index (χ3n) is 3.03. The molecule has 0 aliphatic carbocycles. The van der Waals surface area contributed by atoms with Gasteiger partial charge in [-0.05, 0) is 38.8 Å². The lowest BCUT2D eigenvalue weighted by Crippen LogP contribution is -2.37. The molecule has 0 radical (unpaired) electrons. The summed E-state index contributed by atoms with van der Waals surface area (Å²) in [6.07, 6.45) is 0. The minimum absolute atomic E-state index is 0.104. The van der Waals surface area contributed by atoms with E-state index in [-0.39, 0.29) is 5.60 Å². The predicted molar refractivity (Wildman–Crippen MR) is 82.7 cm³/mol. The molecular weight excluding hydrogens is 250 g/mol. The minimum Gasteiger partial charge on any atom is -0.371 e. The van der Waals surface area contributed by atoms with Crippen molar-refractivity contribution in [2.75, 3.05) is 6.54 Å². The first-order valence-electron chi connectivity index (χ1n) is 7.19. The van der Waals surface area contributed by atoms with E-state index in [1.54, 1.807) is 0 Å². The first kappa shape index (κ1) is 14.9. The zero-order valence-corrected chi connectivity index (χ0v) is 12.9. The van der Waals surface area contributed by atoms with Gasteiger partial charge in [0.25, 0.3) is 0 Å². The monoisotopic (exact) mass is 275 g/mol. The molecule has 1 aromatic carbocycles. The molecule has 0 saturated heterocycles. The maximum absolute atomic E-state index is 5.81. The molecule has 1 aliphatic heterocycles. The van der Waals surface area contributed by atoms with Gasteiger partial charge >= 0.3 is 0 Å². The van der Waals surface area contributed by atoms with Crippen LogP contribution in [0.3, 0.4) is 0 Å². The van der Waals surface area contributed by atoms with Crippen LogP contribution >= 0.6 is 0 Å². The number of nitrogens with one attached hydrogen (secondary N) is 2. The summed E-state index contributed by atoms with van der Waals surface area (Å²) >= 11 is 0.